The number of methoxy groups -OCH3 is 1. The second-order valence-corrected chi connectivity index (χ2v) is 10.3. The molecule has 5 aromatic rings. The SMILES string of the molecule is COc1cnc2c(-c3nc4cc(F)c5c(c4s3)CC(CN(C(=O)O)c3cc(F)cc(C#N)c3)O5)cc(C)cc2n1. The molecular weight excluding hydrogens is 540 g/mol. The molecule has 1 amide bonds. The Bertz CT molecular complexity index is 1890. The molecule has 1 aliphatic rings. The number of aryl methyl sites for hydroxylation is 1. The summed E-state index contributed by atoms with van der Waals surface area (Å²) in [6, 6.07) is 10.3. The number of hydrogen-bond donors (Lipinski definition) is 1. The molecule has 12 heteroatoms. The first-order valence-electron chi connectivity index (χ1n) is 12.1. The predicted molar refractivity (Wildman–Crippen MR) is 144 cm³/mol. The Balaban J connectivity index is 1.37. The summed E-state index contributed by atoms with van der Waals surface area (Å²) < 4.78 is 41.0. The number of aromatic nitrogens is 3. The fraction of sp³-hybridized carbons (Fsp3) is 0.179. The lowest BCUT2D eigenvalue weighted by atomic mass is 10.1. The van der Waals surface area contributed by atoms with Gasteiger partial charge in [-0.05, 0) is 42.8 Å². The predicted octanol–water partition coefficient (Wildman–Crippen LogP) is 5.86. The number of nitriles is 1. The third kappa shape index (κ3) is 4.40. The van der Waals surface area contributed by atoms with Crippen LogP contribution in [0, 0.1) is 29.9 Å². The molecule has 9 nitrogen and oxygen atoms in total. The summed E-state index contributed by atoms with van der Waals surface area (Å²) in [5, 5.41) is 19.6. The highest BCUT2D eigenvalue weighted by Crippen LogP contribution is 2.43. The van der Waals surface area contributed by atoms with Crippen LogP contribution in [0.5, 0.6) is 11.6 Å². The van der Waals surface area contributed by atoms with E-state index in [9.17, 15) is 14.3 Å². The third-order valence-corrected chi connectivity index (χ3v) is 7.71. The molecule has 0 bridgehead atoms. The smallest absolute Gasteiger partial charge is 0.411 e. The molecule has 1 unspecified atom stereocenters. The molecular formula is C28H19F2N5O4S. The number of amides is 1. The van der Waals surface area contributed by atoms with Gasteiger partial charge in [-0.15, -0.1) is 11.3 Å². The zero-order valence-corrected chi connectivity index (χ0v) is 21.9. The van der Waals surface area contributed by atoms with E-state index in [1.807, 2.05) is 25.1 Å². The van der Waals surface area contributed by atoms with E-state index in [0.29, 0.717) is 37.7 Å². The summed E-state index contributed by atoms with van der Waals surface area (Å²) in [6.45, 7) is 1.73. The Morgan fingerprint density at radius 2 is 2.05 bits per heavy atom. The van der Waals surface area contributed by atoms with Crippen LogP contribution in [-0.2, 0) is 6.42 Å². The zero-order valence-electron chi connectivity index (χ0n) is 21.1. The van der Waals surface area contributed by atoms with Gasteiger partial charge in [0.05, 0.1) is 58.4 Å². The minimum atomic E-state index is -1.36. The van der Waals surface area contributed by atoms with E-state index in [2.05, 4.69) is 9.97 Å². The average molecular weight is 560 g/mol. The third-order valence-electron chi connectivity index (χ3n) is 6.55. The maximum absolute atomic E-state index is 15.2. The molecule has 0 saturated heterocycles. The number of halogens is 2. The van der Waals surface area contributed by atoms with E-state index in [4.69, 9.17) is 19.7 Å². The van der Waals surface area contributed by atoms with Crippen LogP contribution < -0.4 is 14.4 Å². The van der Waals surface area contributed by atoms with Crippen molar-refractivity contribution in [3.8, 4) is 28.3 Å². The molecule has 40 heavy (non-hydrogen) atoms. The van der Waals surface area contributed by atoms with Crippen LogP contribution in [0.25, 0.3) is 31.8 Å². The summed E-state index contributed by atoms with van der Waals surface area (Å²) >= 11 is 1.36. The second-order valence-electron chi connectivity index (χ2n) is 9.27. The molecule has 1 atom stereocenters. The number of anilines is 1. The molecule has 0 aliphatic carbocycles. The lowest BCUT2D eigenvalue weighted by Crippen LogP contribution is -2.38. The van der Waals surface area contributed by atoms with Crippen molar-refractivity contribution in [1.29, 1.82) is 5.26 Å². The van der Waals surface area contributed by atoms with E-state index >= 15 is 4.39 Å². The van der Waals surface area contributed by atoms with Crippen molar-refractivity contribution in [1.82, 2.24) is 15.0 Å². The highest BCUT2D eigenvalue weighted by atomic mass is 32.1. The molecule has 2 aromatic heterocycles. The first-order valence-corrected chi connectivity index (χ1v) is 12.9. The number of hydrogen-bond acceptors (Lipinski definition) is 8. The van der Waals surface area contributed by atoms with Gasteiger partial charge in [-0.1, -0.05) is 0 Å². The Kier molecular flexibility index (Phi) is 6.15. The fourth-order valence-electron chi connectivity index (χ4n) is 4.85. The van der Waals surface area contributed by atoms with Crippen molar-refractivity contribution >= 4 is 44.4 Å². The van der Waals surface area contributed by atoms with E-state index < -0.39 is 23.8 Å². The number of thiazole rings is 1. The van der Waals surface area contributed by atoms with Gasteiger partial charge in [0, 0.05) is 23.6 Å². The lowest BCUT2D eigenvalue weighted by molar-refractivity contribution is 0.190. The summed E-state index contributed by atoms with van der Waals surface area (Å²) in [4.78, 5) is 26.6. The van der Waals surface area contributed by atoms with E-state index in [-0.39, 0.29) is 30.0 Å². The Labute approximate surface area is 229 Å². The molecule has 3 heterocycles. The summed E-state index contributed by atoms with van der Waals surface area (Å²) in [6.07, 6.45) is -0.370. The lowest BCUT2D eigenvalue weighted by Gasteiger charge is -2.23. The average Bonchev–Trinajstić information content (AvgIpc) is 3.55. The van der Waals surface area contributed by atoms with Crippen molar-refractivity contribution < 1.29 is 28.2 Å². The van der Waals surface area contributed by atoms with Gasteiger partial charge in [0.2, 0.25) is 5.88 Å². The summed E-state index contributed by atoms with van der Waals surface area (Å²) in [5.41, 5.74) is 3.93. The quantitative estimate of drug-likeness (QED) is 0.284. The van der Waals surface area contributed by atoms with Crippen LogP contribution in [0.15, 0.2) is 42.6 Å². The number of fused-ring (bicyclic) bond motifs is 4. The van der Waals surface area contributed by atoms with Gasteiger partial charge in [-0.2, -0.15) is 5.26 Å². The van der Waals surface area contributed by atoms with Crippen LogP contribution in [0.3, 0.4) is 0 Å². The van der Waals surface area contributed by atoms with Gasteiger partial charge >= 0.3 is 6.09 Å². The van der Waals surface area contributed by atoms with Crippen molar-refractivity contribution in [3.63, 3.8) is 0 Å². The topological polar surface area (TPSA) is 121 Å². The Morgan fingerprint density at radius 3 is 2.80 bits per heavy atom. The van der Waals surface area contributed by atoms with Crippen molar-refractivity contribution in [2.24, 2.45) is 0 Å². The standard InChI is InChI=1S/C28H19F2N5O4S/c1-13-3-18(24-21(4-13)33-23(38-2)11-32-24)27-34-22-9-20(30)25-19(26(22)40-27)8-17(39-25)12-35(28(36)37)16-6-14(10-31)5-15(29)7-16/h3-7,9,11,17H,8,12H2,1-2H3,(H,36,37). The normalized spacial score (nSPS) is 14.1. The monoisotopic (exact) mass is 559 g/mol. The molecule has 0 fully saturated rings. The number of carbonyl (C=O) groups is 1. The van der Waals surface area contributed by atoms with Gasteiger partial charge < -0.3 is 14.6 Å². The van der Waals surface area contributed by atoms with Crippen LogP contribution in [0.4, 0.5) is 19.3 Å². The van der Waals surface area contributed by atoms with Gasteiger partial charge in [-0.3, -0.25) is 4.90 Å². The largest absolute Gasteiger partial charge is 0.485 e. The maximum Gasteiger partial charge on any atom is 0.411 e. The first kappa shape index (κ1) is 25.4. The highest BCUT2D eigenvalue weighted by Gasteiger charge is 2.33. The highest BCUT2D eigenvalue weighted by molar-refractivity contribution is 7.22. The van der Waals surface area contributed by atoms with Crippen LogP contribution in [0.1, 0.15) is 16.7 Å². The number of carboxylic acid groups (broad SMARTS) is 1. The van der Waals surface area contributed by atoms with Gasteiger partial charge in [0.15, 0.2) is 11.6 Å². The zero-order chi connectivity index (χ0) is 28.1. The fourth-order valence-corrected chi connectivity index (χ4v) is 5.96. The molecule has 0 saturated carbocycles. The van der Waals surface area contributed by atoms with Crippen molar-refractivity contribution in [2.75, 3.05) is 18.6 Å². The van der Waals surface area contributed by atoms with E-state index in [0.717, 1.165) is 28.2 Å². The molecule has 6 rings (SSSR count). The number of rotatable bonds is 5. The number of benzene rings is 3. The molecule has 3 aromatic carbocycles. The molecule has 1 N–H and O–H groups in total. The van der Waals surface area contributed by atoms with E-state index in [1.165, 1.54) is 36.8 Å². The summed E-state index contributed by atoms with van der Waals surface area (Å²) in [7, 11) is 1.52. The first-order chi connectivity index (χ1) is 19.2. The Hall–Kier alpha value is -4.89. The maximum atomic E-state index is 15.2. The minimum Gasteiger partial charge on any atom is -0.485 e. The van der Waals surface area contributed by atoms with Gasteiger partial charge in [0.25, 0.3) is 0 Å². The molecule has 0 spiro atoms. The molecule has 1 aliphatic heterocycles. The van der Waals surface area contributed by atoms with Crippen LogP contribution in [0.2, 0.25) is 0 Å². The van der Waals surface area contributed by atoms with Gasteiger partial charge in [0.1, 0.15) is 16.9 Å². The van der Waals surface area contributed by atoms with Crippen molar-refractivity contribution in [2.45, 2.75) is 19.4 Å². The van der Waals surface area contributed by atoms with E-state index in [1.54, 1.807) is 0 Å². The Morgan fingerprint density at radius 1 is 1.23 bits per heavy atom. The number of ether oxygens (including phenoxy) is 2. The second kappa shape index (κ2) is 9.69. The minimum absolute atomic E-state index is 0.0154. The van der Waals surface area contributed by atoms with Crippen LogP contribution in [-0.4, -0.2) is 45.9 Å². The number of nitrogens with zero attached hydrogens (tertiary/aromatic N) is 5. The van der Waals surface area contributed by atoms with Crippen LogP contribution >= 0.6 is 11.3 Å². The van der Waals surface area contributed by atoms with Gasteiger partial charge in [-0.25, -0.2) is 28.5 Å². The van der Waals surface area contributed by atoms with Crippen molar-refractivity contribution in [3.05, 3.63) is 70.9 Å². The molecule has 200 valence electrons. The summed E-state index contributed by atoms with van der Waals surface area (Å²) in [5.74, 6) is -0.935. The molecule has 0 radical (unpaired) electrons.